The number of halogens is 1. The Hall–Kier alpha value is -4.27. The predicted molar refractivity (Wildman–Crippen MR) is 120 cm³/mol. The number of H-pyrrole nitrogens is 1. The number of aromatic amines is 1. The molecule has 168 valence electrons. The van der Waals surface area contributed by atoms with Gasteiger partial charge in [0.25, 0.3) is 11.8 Å². The lowest BCUT2D eigenvalue weighted by molar-refractivity contribution is 0.0945. The molecular weight excluding hydrogens is 425 g/mol. The van der Waals surface area contributed by atoms with E-state index in [2.05, 4.69) is 25.6 Å². The summed E-state index contributed by atoms with van der Waals surface area (Å²) >= 11 is 0. The molecule has 0 bridgehead atoms. The van der Waals surface area contributed by atoms with Gasteiger partial charge in [-0.1, -0.05) is 12.1 Å². The highest BCUT2D eigenvalue weighted by atomic mass is 19.1. The largest absolute Gasteiger partial charge is 0.508 e. The number of rotatable bonds is 7. The van der Waals surface area contributed by atoms with Gasteiger partial charge in [0.1, 0.15) is 29.3 Å². The maximum atomic E-state index is 13.4. The maximum Gasteiger partial charge on any atom is 0.270 e. The number of fused-ring (bicyclic) bond motifs is 1. The number of phenolic OH excluding ortho intramolecular Hbond substituents is 1. The van der Waals surface area contributed by atoms with Crippen LogP contribution in [0.25, 0.3) is 10.9 Å². The van der Waals surface area contributed by atoms with E-state index in [1.54, 1.807) is 31.2 Å². The molecule has 2 heterocycles. The Morgan fingerprint density at radius 2 is 1.79 bits per heavy atom. The van der Waals surface area contributed by atoms with Crippen molar-refractivity contribution in [2.45, 2.75) is 19.9 Å². The third kappa shape index (κ3) is 5.15. The van der Waals surface area contributed by atoms with Crippen molar-refractivity contribution in [1.29, 1.82) is 0 Å². The first kappa shape index (κ1) is 21.9. The predicted octanol–water partition coefficient (Wildman–Crippen LogP) is 3.01. The van der Waals surface area contributed by atoms with E-state index in [0.717, 1.165) is 28.4 Å². The van der Waals surface area contributed by atoms with E-state index in [0.29, 0.717) is 18.5 Å². The van der Waals surface area contributed by atoms with Crippen molar-refractivity contribution in [2.75, 3.05) is 6.54 Å². The Kier molecular flexibility index (Phi) is 6.30. The lowest BCUT2D eigenvalue weighted by atomic mass is 10.1. The van der Waals surface area contributed by atoms with Crippen LogP contribution in [-0.2, 0) is 13.0 Å². The first-order chi connectivity index (χ1) is 15.9. The van der Waals surface area contributed by atoms with Gasteiger partial charge in [0.2, 0.25) is 0 Å². The molecule has 33 heavy (non-hydrogen) atoms. The Morgan fingerprint density at radius 3 is 2.55 bits per heavy atom. The second kappa shape index (κ2) is 9.47. The van der Waals surface area contributed by atoms with Crippen molar-refractivity contribution < 1.29 is 19.1 Å². The minimum absolute atomic E-state index is 0.0606. The number of carbonyl (C=O) groups is 2. The number of aryl methyl sites for hydroxylation is 1. The summed E-state index contributed by atoms with van der Waals surface area (Å²) in [6.45, 7) is 2.22. The fourth-order valence-electron chi connectivity index (χ4n) is 3.48. The molecule has 4 rings (SSSR count). The highest BCUT2D eigenvalue weighted by Crippen LogP contribution is 2.22. The molecule has 2 amide bonds. The smallest absolute Gasteiger partial charge is 0.270 e. The standard InChI is InChI=1S/C24H22FN5O3/c1-14-8-15(2-5-19(14)25)11-28-24(33)22-10-21(29-13-30-22)23(32)26-7-6-16-12-27-20-9-17(31)3-4-18(16)20/h2-5,8-10,12-13,27,31H,6-7,11H2,1H3,(H,26,32)(H,28,33). The number of hydrogen-bond donors (Lipinski definition) is 4. The van der Waals surface area contributed by atoms with Gasteiger partial charge < -0.3 is 20.7 Å². The lowest BCUT2D eigenvalue weighted by Gasteiger charge is -2.08. The van der Waals surface area contributed by atoms with Gasteiger partial charge in [-0.2, -0.15) is 0 Å². The van der Waals surface area contributed by atoms with E-state index in [4.69, 9.17) is 0 Å². The van der Waals surface area contributed by atoms with E-state index in [1.165, 1.54) is 12.1 Å². The van der Waals surface area contributed by atoms with E-state index in [1.807, 2.05) is 12.3 Å². The molecule has 0 unspecified atom stereocenters. The minimum Gasteiger partial charge on any atom is -0.508 e. The highest BCUT2D eigenvalue weighted by molar-refractivity contribution is 5.97. The molecule has 4 N–H and O–H groups in total. The third-order valence-corrected chi connectivity index (χ3v) is 5.24. The van der Waals surface area contributed by atoms with Gasteiger partial charge in [0, 0.05) is 42.3 Å². The molecule has 0 aliphatic rings. The summed E-state index contributed by atoms with van der Waals surface area (Å²) in [6.07, 6.45) is 3.58. The SMILES string of the molecule is Cc1cc(CNC(=O)c2cc(C(=O)NCCc3c[nH]c4cc(O)ccc34)ncn2)ccc1F. The molecule has 0 spiro atoms. The number of benzene rings is 2. The highest BCUT2D eigenvalue weighted by Gasteiger charge is 2.14. The van der Waals surface area contributed by atoms with Crippen LogP contribution in [0.5, 0.6) is 5.75 Å². The van der Waals surface area contributed by atoms with Gasteiger partial charge in [-0.15, -0.1) is 0 Å². The van der Waals surface area contributed by atoms with Crippen LogP contribution >= 0.6 is 0 Å². The van der Waals surface area contributed by atoms with Crippen molar-refractivity contribution in [3.8, 4) is 5.75 Å². The maximum absolute atomic E-state index is 13.4. The zero-order valence-electron chi connectivity index (χ0n) is 17.9. The van der Waals surface area contributed by atoms with Gasteiger partial charge in [0.05, 0.1) is 0 Å². The molecule has 0 atom stereocenters. The molecule has 4 aromatic rings. The average molecular weight is 447 g/mol. The second-order valence-corrected chi connectivity index (χ2v) is 7.60. The first-order valence-corrected chi connectivity index (χ1v) is 10.3. The van der Waals surface area contributed by atoms with E-state index in [9.17, 15) is 19.1 Å². The number of carbonyl (C=O) groups excluding carboxylic acids is 2. The zero-order valence-corrected chi connectivity index (χ0v) is 17.9. The monoisotopic (exact) mass is 447 g/mol. The molecule has 0 aliphatic heterocycles. The summed E-state index contributed by atoms with van der Waals surface area (Å²) in [4.78, 5) is 35.9. The van der Waals surface area contributed by atoms with Crippen molar-refractivity contribution in [1.82, 2.24) is 25.6 Å². The van der Waals surface area contributed by atoms with Gasteiger partial charge in [-0.25, -0.2) is 14.4 Å². The lowest BCUT2D eigenvalue weighted by Crippen LogP contribution is -2.28. The van der Waals surface area contributed by atoms with E-state index < -0.39 is 11.8 Å². The van der Waals surface area contributed by atoms with Crippen LogP contribution in [0.3, 0.4) is 0 Å². The topological polar surface area (TPSA) is 120 Å². The molecule has 2 aromatic heterocycles. The Bertz CT molecular complexity index is 1330. The molecule has 0 aliphatic carbocycles. The van der Waals surface area contributed by atoms with Crippen LogP contribution in [0.4, 0.5) is 4.39 Å². The fraction of sp³-hybridized carbons (Fsp3) is 0.167. The van der Waals surface area contributed by atoms with Gasteiger partial charge in [-0.3, -0.25) is 9.59 Å². The fourth-order valence-corrected chi connectivity index (χ4v) is 3.48. The van der Waals surface area contributed by atoms with Crippen molar-refractivity contribution in [3.63, 3.8) is 0 Å². The molecule has 0 radical (unpaired) electrons. The van der Waals surface area contributed by atoms with Crippen LogP contribution in [-0.4, -0.2) is 38.4 Å². The van der Waals surface area contributed by atoms with Crippen LogP contribution in [0, 0.1) is 12.7 Å². The molecule has 2 aromatic carbocycles. The summed E-state index contributed by atoms with van der Waals surface area (Å²) in [5.41, 5.74) is 3.21. The summed E-state index contributed by atoms with van der Waals surface area (Å²) in [6, 6.07) is 11.0. The third-order valence-electron chi connectivity index (χ3n) is 5.24. The second-order valence-electron chi connectivity index (χ2n) is 7.60. The Labute approximate surface area is 188 Å². The quantitative estimate of drug-likeness (QED) is 0.347. The number of phenols is 1. The van der Waals surface area contributed by atoms with Gasteiger partial charge >= 0.3 is 0 Å². The summed E-state index contributed by atoms with van der Waals surface area (Å²) < 4.78 is 13.4. The number of aromatic nitrogens is 3. The molecule has 0 fully saturated rings. The zero-order chi connectivity index (χ0) is 23.4. The summed E-state index contributed by atoms with van der Waals surface area (Å²) in [7, 11) is 0. The van der Waals surface area contributed by atoms with Crippen molar-refractivity contribution in [2.24, 2.45) is 0 Å². The van der Waals surface area contributed by atoms with Crippen molar-refractivity contribution in [3.05, 3.63) is 88.9 Å². The van der Waals surface area contributed by atoms with Gasteiger partial charge in [0.15, 0.2) is 0 Å². The van der Waals surface area contributed by atoms with Crippen LogP contribution in [0.1, 0.15) is 37.7 Å². The number of nitrogens with zero attached hydrogens (tertiary/aromatic N) is 2. The molecule has 0 saturated heterocycles. The summed E-state index contributed by atoms with van der Waals surface area (Å²) in [5.74, 6) is -1.00. The molecule has 9 heteroatoms. The normalized spacial score (nSPS) is 10.8. The Morgan fingerprint density at radius 1 is 1.03 bits per heavy atom. The van der Waals surface area contributed by atoms with Gasteiger partial charge in [-0.05, 0) is 48.2 Å². The number of amides is 2. The Balaban J connectivity index is 1.33. The number of hydrogen-bond acceptors (Lipinski definition) is 5. The minimum atomic E-state index is -0.463. The van der Waals surface area contributed by atoms with E-state index in [-0.39, 0.29) is 29.5 Å². The molecule has 0 saturated carbocycles. The number of nitrogens with one attached hydrogen (secondary N) is 3. The molecular formula is C24H22FN5O3. The van der Waals surface area contributed by atoms with E-state index >= 15 is 0 Å². The number of aromatic hydroxyl groups is 1. The molecule has 8 nitrogen and oxygen atoms in total. The first-order valence-electron chi connectivity index (χ1n) is 10.3. The van der Waals surface area contributed by atoms with Crippen LogP contribution < -0.4 is 10.6 Å². The van der Waals surface area contributed by atoms with Crippen LogP contribution in [0.2, 0.25) is 0 Å². The summed E-state index contributed by atoms with van der Waals surface area (Å²) in [5, 5.41) is 16.0. The van der Waals surface area contributed by atoms with Crippen LogP contribution in [0.15, 0.2) is 55.0 Å². The average Bonchev–Trinajstić information content (AvgIpc) is 3.21. The van der Waals surface area contributed by atoms with Crippen molar-refractivity contribution >= 4 is 22.7 Å².